The molecule has 0 saturated carbocycles. The molecule has 1 atom stereocenters. The topological polar surface area (TPSA) is 44.0 Å². The molecule has 2 heteroatoms. The van der Waals surface area contributed by atoms with Gasteiger partial charge < -0.3 is 5.11 Å². The van der Waals surface area contributed by atoms with Crippen molar-refractivity contribution in [2.24, 2.45) is 5.92 Å². The third-order valence-corrected chi connectivity index (χ3v) is 2.14. The van der Waals surface area contributed by atoms with Crippen LogP contribution in [-0.2, 0) is 0 Å². The van der Waals surface area contributed by atoms with Crippen molar-refractivity contribution in [3.63, 3.8) is 0 Å². The summed E-state index contributed by atoms with van der Waals surface area (Å²) in [5.41, 5.74) is -0.760. The minimum atomic E-state index is -0.760. The lowest BCUT2D eigenvalue weighted by Gasteiger charge is -2.29. The minimum Gasteiger partial charge on any atom is -0.389 e. The van der Waals surface area contributed by atoms with Crippen molar-refractivity contribution in [3.05, 3.63) is 0 Å². The van der Waals surface area contributed by atoms with Crippen molar-refractivity contribution in [1.29, 1.82) is 5.26 Å². The second kappa shape index (κ2) is 4.35. The van der Waals surface area contributed by atoms with Crippen LogP contribution in [0.2, 0.25) is 0 Å². The number of hydrogen-bond acceptors (Lipinski definition) is 2. The van der Waals surface area contributed by atoms with Crippen LogP contribution in [0.3, 0.4) is 0 Å². The maximum Gasteiger partial charge on any atom is 0.0799 e. The van der Waals surface area contributed by atoms with Gasteiger partial charge in [0.25, 0.3) is 0 Å². The summed E-state index contributed by atoms with van der Waals surface area (Å²) in [6, 6.07) is 2.02. The standard InChI is InChI=1S/C9H17NO/c1-4-5-9(11,6-7-10)8(2)3/h8,11H,4-6H2,1-3H3. The van der Waals surface area contributed by atoms with E-state index in [4.69, 9.17) is 5.26 Å². The van der Waals surface area contributed by atoms with Crippen LogP contribution in [0.4, 0.5) is 0 Å². The molecule has 0 heterocycles. The van der Waals surface area contributed by atoms with Gasteiger partial charge in [0.05, 0.1) is 18.1 Å². The van der Waals surface area contributed by atoms with E-state index in [1.165, 1.54) is 0 Å². The fourth-order valence-corrected chi connectivity index (χ4v) is 1.15. The van der Waals surface area contributed by atoms with Gasteiger partial charge >= 0.3 is 0 Å². The minimum absolute atomic E-state index is 0.169. The van der Waals surface area contributed by atoms with Gasteiger partial charge in [0, 0.05) is 0 Å². The van der Waals surface area contributed by atoms with E-state index in [1.54, 1.807) is 0 Å². The Morgan fingerprint density at radius 1 is 1.55 bits per heavy atom. The molecule has 2 nitrogen and oxygen atoms in total. The normalized spacial score (nSPS) is 16.0. The predicted octanol–water partition coefficient (Wildman–Crippen LogP) is 2.09. The number of nitriles is 1. The van der Waals surface area contributed by atoms with Crippen LogP contribution in [0.1, 0.15) is 40.0 Å². The van der Waals surface area contributed by atoms with Gasteiger partial charge in [0.1, 0.15) is 0 Å². The molecule has 0 spiro atoms. The Kier molecular flexibility index (Phi) is 4.14. The highest BCUT2D eigenvalue weighted by Gasteiger charge is 2.29. The summed E-state index contributed by atoms with van der Waals surface area (Å²) >= 11 is 0. The van der Waals surface area contributed by atoms with E-state index in [0.717, 1.165) is 12.8 Å². The van der Waals surface area contributed by atoms with Crippen molar-refractivity contribution in [1.82, 2.24) is 0 Å². The van der Waals surface area contributed by atoms with Gasteiger partial charge in [-0.05, 0) is 12.3 Å². The summed E-state index contributed by atoms with van der Waals surface area (Å²) in [7, 11) is 0. The first kappa shape index (κ1) is 10.4. The third-order valence-electron chi connectivity index (χ3n) is 2.14. The lowest BCUT2D eigenvalue weighted by Crippen LogP contribution is -2.34. The van der Waals surface area contributed by atoms with Crippen molar-refractivity contribution in [2.75, 3.05) is 0 Å². The molecular formula is C9H17NO. The van der Waals surface area contributed by atoms with Gasteiger partial charge in [0.15, 0.2) is 0 Å². The Balaban J connectivity index is 4.15. The van der Waals surface area contributed by atoms with E-state index in [-0.39, 0.29) is 12.3 Å². The Hall–Kier alpha value is -0.550. The van der Waals surface area contributed by atoms with Crippen LogP contribution >= 0.6 is 0 Å². The lowest BCUT2D eigenvalue weighted by atomic mass is 9.84. The molecule has 0 bridgehead atoms. The van der Waals surface area contributed by atoms with Crippen LogP contribution < -0.4 is 0 Å². The lowest BCUT2D eigenvalue weighted by molar-refractivity contribution is -0.00921. The Morgan fingerprint density at radius 2 is 2.09 bits per heavy atom. The molecule has 0 amide bonds. The van der Waals surface area contributed by atoms with Crippen LogP contribution in [0.5, 0.6) is 0 Å². The molecule has 0 aromatic carbocycles. The van der Waals surface area contributed by atoms with Gasteiger partial charge in [0.2, 0.25) is 0 Å². The van der Waals surface area contributed by atoms with Crippen LogP contribution in [0.25, 0.3) is 0 Å². The van der Waals surface area contributed by atoms with Crippen molar-refractivity contribution >= 4 is 0 Å². The SMILES string of the molecule is CCCC(O)(CC#N)C(C)C. The predicted molar refractivity (Wildman–Crippen MR) is 44.9 cm³/mol. The number of aliphatic hydroxyl groups is 1. The molecule has 0 fully saturated rings. The van der Waals surface area contributed by atoms with Crippen LogP contribution in [0, 0.1) is 17.2 Å². The molecule has 0 aliphatic heterocycles. The first-order valence-electron chi connectivity index (χ1n) is 4.16. The number of rotatable bonds is 4. The average molecular weight is 155 g/mol. The third kappa shape index (κ3) is 2.90. The summed E-state index contributed by atoms with van der Waals surface area (Å²) < 4.78 is 0. The van der Waals surface area contributed by atoms with Crippen molar-refractivity contribution in [3.8, 4) is 6.07 Å². The first-order chi connectivity index (χ1) is 5.06. The van der Waals surface area contributed by atoms with E-state index < -0.39 is 5.60 Å². The summed E-state index contributed by atoms with van der Waals surface area (Å²) in [5.74, 6) is 0.169. The van der Waals surface area contributed by atoms with E-state index in [9.17, 15) is 5.11 Å². The largest absolute Gasteiger partial charge is 0.389 e. The average Bonchev–Trinajstić information content (AvgIpc) is 1.88. The Labute approximate surface area is 68.8 Å². The molecule has 0 aromatic rings. The monoisotopic (exact) mass is 155 g/mol. The summed E-state index contributed by atoms with van der Waals surface area (Å²) in [5, 5.41) is 18.3. The molecule has 0 aromatic heterocycles. The number of hydrogen-bond donors (Lipinski definition) is 1. The van der Waals surface area contributed by atoms with E-state index in [1.807, 2.05) is 26.8 Å². The van der Waals surface area contributed by atoms with E-state index >= 15 is 0 Å². The molecule has 0 aliphatic carbocycles. The Morgan fingerprint density at radius 3 is 2.36 bits per heavy atom. The molecule has 0 rings (SSSR count). The zero-order chi connectivity index (χ0) is 8.91. The van der Waals surface area contributed by atoms with Crippen molar-refractivity contribution < 1.29 is 5.11 Å². The fourth-order valence-electron chi connectivity index (χ4n) is 1.15. The molecule has 0 radical (unpaired) electrons. The van der Waals surface area contributed by atoms with E-state index in [0.29, 0.717) is 0 Å². The second-order valence-corrected chi connectivity index (χ2v) is 3.34. The summed E-state index contributed by atoms with van der Waals surface area (Å²) in [6.07, 6.45) is 1.90. The fraction of sp³-hybridized carbons (Fsp3) is 0.889. The summed E-state index contributed by atoms with van der Waals surface area (Å²) in [4.78, 5) is 0. The van der Waals surface area contributed by atoms with Gasteiger partial charge in [-0.3, -0.25) is 0 Å². The van der Waals surface area contributed by atoms with Crippen molar-refractivity contribution in [2.45, 2.75) is 45.6 Å². The Bertz CT molecular complexity index is 148. The van der Waals surface area contributed by atoms with E-state index in [2.05, 4.69) is 0 Å². The zero-order valence-corrected chi connectivity index (χ0v) is 7.59. The molecule has 0 saturated heterocycles. The maximum atomic E-state index is 9.87. The molecular weight excluding hydrogens is 138 g/mol. The quantitative estimate of drug-likeness (QED) is 0.675. The van der Waals surface area contributed by atoms with Gasteiger partial charge in [-0.25, -0.2) is 0 Å². The van der Waals surface area contributed by atoms with Gasteiger partial charge in [-0.1, -0.05) is 27.2 Å². The molecule has 1 unspecified atom stereocenters. The first-order valence-corrected chi connectivity index (χ1v) is 4.16. The second-order valence-electron chi connectivity index (χ2n) is 3.34. The number of nitrogens with zero attached hydrogens (tertiary/aromatic N) is 1. The molecule has 64 valence electrons. The molecule has 11 heavy (non-hydrogen) atoms. The highest BCUT2D eigenvalue weighted by atomic mass is 16.3. The zero-order valence-electron chi connectivity index (χ0n) is 7.59. The summed E-state index contributed by atoms with van der Waals surface area (Å²) in [6.45, 7) is 5.92. The maximum absolute atomic E-state index is 9.87. The smallest absolute Gasteiger partial charge is 0.0799 e. The van der Waals surface area contributed by atoms with Gasteiger partial charge in [-0.2, -0.15) is 5.26 Å². The highest BCUT2D eigenvalue weighted by molar-refractivity contribution is 4.90. The van der Waals surface area contributed by atoms with Crippen LogP contribution in [-0.4, -0.2) is 10.7 Å². The molecule has 0 aliphatic rings. The van der Waals surface area contributed by atoms with Crippen LogP contribution in [0.15, 0.2) is 0 Å². The van der Waals surface area contributed by atoms with Gasteiger partial charge in [-0.15, -0.1) is 0 Å². The molecule has 1 N–H and O–H groups in total. The highest BCUT2D eigenvalue weighted by Crippen LogP contribution is 2.25.